The van der Waals surface area contributed by atoms with Gasteiger partial charge in [-0.3, -0.25) is 28.7 Å². The molecule has 5 heterocycles. The molecule has 0 saturated carbocycles. The van der Waals surface area contributed by atoms with Gasteiger partial charge in [0.1, 0.15) is 35.6 Å². The number of halogens is 1. The number of nitrogens with one attached hydrogen (secondary N) is 2. The van der Waals surface area contributed by atoms with Gasteiger partial charge in [0.05, 0.1) is 34.8 Å². The van der Waals surface area contributed by atoms with Crippen LogP contribution < -0.4 is 10.6 Å². The van der Waals surface area contributed by atoms with E-state index in [0.717, 1.165) is 54.0 Å². The molecule has 0 radical (unpaired) electrons. The molecule has 350 valence electrons. The second-order valence-corrected chi connectivity index (χ2v) is 21.2. The van der Waals surface area contributed by atoms with E-state index < -0.39 is 29.4 Å². The Morgan fingerprint density at radius 1 is 0.970 bits per heavy atom. The van der Waals surface area contributed by atoms with E-state index in [1.54, 1.807) is 27.6 Å². The third-order valence-corrected chi connectivity index (χ3v) is 14.7. The number of aromatic nitrogens is 4. The number of likely N-dealkylation sites (tertiary alicyclic amines) is 1. The van der Waals surface area contributed by atoms with Crippen molar-refractivity contribution in [2.24, 2.45) is 16.3 Å². The van der Waals surface area contributed by atoms with Crippen molar-refractivity contribution in [3.8, 4) is 15.4 Å². The molecule has 7 rings (SSSR count). The van der Waals surface area contributed by atoms with Crippen molar-refractivity contribution < 1.29 is 23.9 Å². The van der Waals surface area contributed by atoms with E-state index in [4.69, 9.17) is 21.3 Å². The standard InChI is InChI=1S/C49H60ClN9O5S2/c1-27(2)57(24-33-11-13-35(14-12-33)43-30(5)52-26-65-43)46(62)38-21-28(3)23-58(38)47(63)44(49(8,9)10)54-40(61)25-64-20-19-51-39(60)22-37-45-56-55-32(7)59(45)48-41(29(4)31(6)66-48)42(53-37)34-15-17-36(50)18-16-34/h11-18,26-28,37-38,44H,19-25H2,1-10H3,(H,51,60)(H,54,61)/t28-,37+,38+,44-/m1/s1. The zero-order valence-electron chi connectivity index (χ0n) is 39.4. The van der Waals surface area contributed by atoms with E-state index in [9.17, 15) is 19.2 Å². The molecule has 66 heavy (non-hydrogen) atoms. The Balaban J connectivity index is 0.949. The molecule has 14 nitrogen and oxygen atoms in total. The number of hydrogen-bond donors (Lipinski definition) is 2. The number of amides is 4. The molecule has 2 aliphatic heterocycles. The third-order valence-electron chi connectivity index (χ3n) is 12.3. The van der Waals surface area contributed by atoms with E-state index in [0.29, 0.717) is 36.2 Å². The van der Waals surface area contributed by atoms with Crippen LogP contribution in [-0.2, 0) is 30.5 Å². The number of nitrogens with zero attached hydrogens (tertiary/aromatic N) is 7. The van der Waals surface area contributed by atoms with Gasteiger partial charge in [0.2, 0.25) is 23.6 Å². The summed E-state index contributed by atoms with van der Waals surface area (Å²) in [5.74, 6) is 0.219. The van der Waals surface area contributed by atoms with E-state index in [2.05, 4.69) is 51.8 Å². The van der Waals surface area contributed by atoms with Gasteiger partial charge in [-0.05, 0) is 88.1 Å². The lowest BCUT2D eigenvalue weighted by Crippen LogP contribution is -2.58. The topological polar surface area (TPSA) is 164 Å². The normalized spacial score (nSPS) is 17.5. The smallest absolute Gasteiger partial charge is 0.246 e. The number of carbonyl (C=O) groups is 4. The van der Waals surface area contributed by atoms with Crippen LogP contribution >= 0.6 is 34.3 Å². The van der Waals surface area contributed by atoms with Crippen LogP contribution in [0, 0.1) is 39.0 Å². The van der Waals surface area contributed by atoms with Gasteiger partial charge in [0.15, 0.2) is 5.82 Å². The van der Waals surface area contributed by atoms with Gasteiger partial charge < -0.3 is 25.2 Å². The highest BCUT2D eigenvalue weighted by Crippen LogP contribution is 2.40. The minimum Gasteiger partial charge on any atom is -0.370 e. The SMILES string of the molecule is Cc1ncsc1-c1ccc(CN(C(=O)[C@@H]2C[C@@H](C)CN2C(=O)[C@@H](NC(=O)COCCNC(=O)C[C@@H]2N=C(c3ccc(Cl)cc3)c3c(sc(C)c3C)-n3c(C)nnc32)C(C)(C)C)C(C)C)cc1. The fourth-order valence-electron chi connectivity index (χ4n) is 8.59. The predicted molar refractivity (Wildman–Crippen MR) is 260 cm³/mol. The molecule has 17 heteroatoms. The van der Waals surface area contributed by atoms with E-state index in [-0.39, 0.29) is 55.9 Å². The quantitative estimate of drug-likeness (QED) is 0.0999. The summed E-state index contributed by atoms with van der Waals surface area (Å²) in [5.41, 5.74) is 7.94. The Bertz CT molecular complexity index is 2610. The first-order valence-corrected chi connectivity index (χ1v) is 24.5. The van der Waals surface area contributed by atoms with Crippen LogP contribution in [-0.4, -0.2) is 103 Å². The third kappa shape index (κ3) is 10.6. The largest absolute Gasteiger partial charge is 0.370 e. The summed E-state index contributed by atoms with van der Waals surface area (Å²) >= 11 is 9.49. The molecule has 2 aliphatic rings. The van der Waals surface area contributed by atoms with Crippen molar-refractivity contribution in [3.05, 3.63) is 104 Å². The molecule has 2 N–H and O–H groups in total. The molecule has 5 aromatic rings. The lowest BCUT2D eigenvalue weighted by Gasteiger charge is -2.37. The predicted octanol–water partition coefficient (Wildman–Crippen LogP) is 7.96. The molecule has 4 atom stereocenters. The molecule has 1 saturated heterocycles. The first-order valence-electron chi connectivity index (χ1n) is 22.4. The molecular weight excluding hydrogens is 894 g/mol. The van der Waals surface area contributed by atoms with Gasteiger partial charge in [-0.25, -0.2) is 4.98 Å². The van der Waals surface area contributed by atoms with Crippen molar-refractivity contribution in [2.45, 2.75) is 113 Å². The molecule has 4 amide bonds. The number of aryl methyl sites for hydroxylation is 3. The van der Waals surface area contributed by atoms with Crippen LogP contribution in [0.5, 0.6) is 0 Å². The lowest BCUT2D eigenvalue weighted by molar-refractivity contribution is -0.148. The summed E-state index contributed by atoms with van der Waals surface area (Å²) in [6.45, 7) is 20.4. The second kappa shape index (κ2) is 20.3. The number of thiophene rings is 1. The number of carbonyl (C=O) groups excluding carboxylic acids is 4. The fourth-order valence-corrected chi connectivity index (χ4v) is 10.7. The van der Waals surface area contributed by atoms with Crippen LogP contribution in [0.3, 0.4) is 0 Å². The van der Waals surface area contributed by atoms with E-state index >= 15 is 0 Å². The highest BCUT2D eigenvalue weighted by Gasteiger charge is 2.45. The zero-order valence-corrected chi connectivity index (χ0v) is 41.8. The highest BCUT2D eigenvalue weighted by molar-refractivity contribution is 7.15. The van der Waals surface area contributed by atoms with Gasteiger partial charge in [-0.2, -0.15) is 0 Å². The number of thiazole rings is 1. The van der Waals surface area contributed by atoms with Crippen molar-refractivity contribution in [2.75, 3.05) is 26.3 Å². The number of ether oxygens (including phenoxy) is 1. The number of hydrogen-bond acceptors (Lipinski definition) is 11. The summed E-state index contributed by atoms with van der Waals surface area (Å²) in [6, 6.07) is 13.4. The number of aliphatic imine (C=N–C) groups is 1. The maximum absolute atomic E-state index is 14.4. The Morgan fingerprint density at radius 2 is 1.67 bits per heavy atom. The molecular formula is C49H60ClN9O5S2. The molecule has 0 spiro atoms. The maximum Gasteiger partial charge on any atom is 0.246 e. The average Bonchev–Trinajstić information content (AvgIpc) is 4.03. The van der Waals surface area contributed by atoms with Crippen LogP contribution in [0.4, 0.5) is 0 Å². The van der Waals surface area contributed by atoms with Crippen molar-refractivity contribution in [1.29, 1.82) is 0 Å². The molecule has 0 unspecified atom stereocenters. The zero-order chi connectivity index (χ0) is 47.6. The van der Waals surface area contributed by atoms with Gasteiger partial charge in [-0.1, -0.05) is 75.7 Å². The van der Waals surface area contributed by atoms with Crippen LogP contribution in [0.1, 0.15) is 105 Å². The Hall–Kier alpha value is -5.29. The van der Waals surface area contributed by atoms with Crippen molar-refractivity contribution in [3.63, 3.8) is 0 Å². The maximum atomic E-state index is 14.4. The minimum absolute atomic E-state index is 0.00645. The summed E-state index contributed by atoms with van der Waals surface area (Å²) in [6.07, 6.45) is 0.536. The summed E-state index contributed by atoms with van der Waals surface area (Å²) in [7, 11) is 0. The van der Waals surface area contributed by atoms with Crippen molar-refractivity contribution >= 4 is 63.6 Å². The first-order chi connectivity index (χ1) is 31.3. The Kier molecular flexibility index (Phi) is 15.0. The van der Waals surface area contributed by atoms with E-state index in [1.807, 2.05) is 107 Å². The first kappa shape index (κ1) is 48.6. The highest BCUT2D eigenvalue weighted by atomic mass is 35.5. The summed E-state index contributed by atoms with van der Waals surface area (Å²) in [5, 5.41) is 16.3. The number of fused-ring (bicyclic) bond motifs is 3. The van der Waals surface area contributed by atoms with Crippen LogP contribution in [0.15, 0.2) is 59.0 Å². The Labute approximate surface area is 400 Å². The van der Waals surface area contributed by atoms with Gasteiger partial charge in [0, 0.05) is 46.7 Å². The number of rotatable bonds is 15. The minimum atomic E-state index is -0.912. The summed E-state index contributed by atoms with van der Waals surface area (Å²) in [4.78, 5) is 71.0. The fraction of sp³-hybridized carbons (Fsp3) is 0.469. The monoisotopic (exact) mass is 953 g/mol. The molecule has 0 bridgehead atoms. The van der Waals surface area contributed by atoms with Gasteiger partial charge in [-0.15, -0.1) is 32.9 Å². The molecule has 2 aromatic carbocycles. The average molecular weight is 955 g/mol. The second-order valence-electron chi connectivity index (χ2n) is 18.7. The molecule has 1 fully saturated rings. The van der Waals surface area contributed by atoms with Crippen molar-refractivity contribution in [1.82, 2.24) is 40.2 Å². The van der Waals surface area contributed by atoms with Crippen LogP contribution in [0.25, 0.3) is 15.4 Å². The van der Waals surface area contributed by atoms with E-state index in [1.165, 1.54) is 0 Å². The molecule has 0 aliphatic carbocycles. The lowest BCUT2D eigenvalue weighted by atomic mass is 9.85. The van der Waals surface area contributed by atoms with Gasteiger partial charge >= 0.3 is 0 Å². The van der Waals surface area contributed by atoms with Gasteiger partial charge in [0.25, 0.3) is 0 Å². The molecule has 3 aromatic heterocycles. The number of benzene rings is 2. The summed E-state index contributed by atoms with van der Waals surface area (Å²) < 4.78 is 7.72. The Morgan fingerprint density at radius 3 is 2.32 bits per heavy atom. The van der Waals surface area contributed by atoms with Crippen LogP contribution in [0.2, 0.25) is 5.02 Å².